The molecule has 14 heavy (non-hydrogen) atoms. The summed E-state index contributed by atoms with van der Waals surface area (Å²) in [6, 6.07) is -1.44. The quantitative estimate of drug-likeness (QED) is 0.208. The molecule has 0 fully saturated rings. The fourth-order valence-corrected chi connectivity index (χ4v) is 0.889. The predicted octanol–water partition coefficient (Wildman–Crippen LogP) is -0.0332. The number of rotatable bonds is 6. The molecule has 2 unspecified atom stereocenters. The zero-order chi connectivity index (χ0) is 11.1. The van der Waals surface area contributed by atoms with Crippen molar-refractivity contribution in [1.82, 2.24) is 0 Å². The summed E-state index contributed by atoms with van der Waals surface area (Å²) in [6.45, 7) is 3.76. The zero-order valence-corrected chi connectivity index (χ0v) is 8.23. The van der Waals surface area contributed by atoms with Gasteiger partial charge in [-0.2, -0.15) is 0 Å². The molecule has 0 spiro atoms. The summed E-state index contributed by atoms with van der Waals surface area (Å²) in [6.07, 6.45) is -1.14. The molecule has 2 atom stereocenters. The minimum absolute atomic E-state index is 0.196. The van der Waals surface area contributed by atoms with E-state index in [2.05, 4.69) is 0 Å². The number of nitrogens with zero attached hydrogens (tertiary/aromatic N) is 1. The highest BCUT2D eigenvalue weighted by Crippen LogP contribution is 2.01. The molecule has 0 aromatic carbocycles. The lowest BCUT2D eigenvalue weighted by Crippen LogP contribution is -2.48. The second kappa shape index (κ2) is 6.28. The van der Waals surface area contributed by atoms with Crippen LogP contribution in [0.4, 0.5) is 0 Å². The number of hydrogen-bond acceptors (Lipinski definition) is 6. The molecule has 0 heterocycles. The molecule has 0 aromatic heterocycles. The van der Waals surface area contributed by atoms with E-state index >= 15 is 0 Å². The Morgan fingerprint density at radius 2 is 2.14 bits per heavy atom. The second-order valence-electron chi connectivity index (χ2n) is 2.45. The predicted molar refractivity (Wildman–Crippen MR) is 49.7 cm³/mol. The SMILES string of the molecule is CCOC(=N)C(C(N)OCC)[N+](=O)[O-]. The first-order chi connectivity index (χ1) is 6.54. The van der Waals surface area contributed by atoms with Crippen molar-refractivity contribution in [1.29, 1.82) is 5.41 Å². The van der Waals surface area contributed by atoms with Crippen molar-refractivity contribution in [3.8, 4) is 0 Å². The average Bonchev–Trinajstić information content (AvgIpc) is 2.04. The van der Waals surface area contributed by atoms with E-state index in [1.54, 1.807) is 13.8 Å². The molecule has 0 amide bonds. The van der Waals surface area contributed by atoms with Crippen LogP contribution in [-0.2, 0) is 9.47 Å². The Bertz CT molecular complexity index is 209. The van der Waals surface area contributed by atoms with Crippen LogP contribution in [0, 0.1) is 15.5 Å². The normalized spacial score (nSPS) is 14.5. The number of hydrogen-bond donors (Lipinski definition) is 2. The first-order valence-electron chi connectivity index (χ1n) is 4.26. The summed E-state index contributed by atoms with van der Waals surface area (Å²) in [4.78, 5) is 9.87. The van der Waals surface area contributed by atoms with E-state index in [0.717, 1.165) is 0 Å². The van der Waals surface area contributed by atoms with Crippen LogP contribution in [0.2, 0.25) is 0 Å². The average molecular weight is 205 g/mol. The summed E-state index contributed by atoms with van der Waals surface area (Å²) < 4.78 is 9.56. The lowest BCUT2D eigenvalue weighted by Gasteiger charge is -2.16. The fraction of sp³-hybridized carbons (Fsp3) is 0.857. The van der Waals surface area contributed by atoms with Crippen molar-refractivity contribution in [3.05, 3.63) is 10.1 Å². The Morgan fingerprint density at radius 1 is 1.57 bits per heavy atom. The molecular formula is C7H15N3O4. The van der Waals surface area contributed by atoms with Crippen LogP contribution in [0.25, 0.3) is 0 Å². The minimum atomic E-state index is -1.44. The molecule has 0 bridgehead atoms. The van der Waals surface area contributed by atoms with Gasteiger partial charge in [-0.05, 0) is 13.8 Å². The first-order valence-corrected chi connectivity index (χ1v) is 4.26. The molecule has 0 saturated carbocycles. The molecule has 3 N–H and O–H groups in total. The summed E-state index contributed by atoms with van der Waals surface area (Å²) in [5.74, 6) is -0.474. The van der Waals surface area contributed by atoms with E-state index in [-0.39, 0.29) is 13.2 Å². The van der Waals surface area contributed by atoms with Crippen LogP contribution in [-0.4, -0.2) is 36.3 Å². The molecule has 0 aliphatic rings. The highest BCUT2D eigenvalue weighted by Gasteiger charge is 2.35. The third-order valence-corrected chi connectivity index (χ3v) is 1.47. The number of nitrogens with two attached hydrogens (primary N) is 1. The van der Waals surface area contributed by atoms with Gasteiger partial charge >= 0.3 is 6.04 Å². The Balaban J connectivity index is 4.42. The van der Waals surface area contributed by atoms with Crippen LogP contribution < -0.4 is 5.73 Å². The van der Waals surface area contributed by atoms with E-state index in [1.165, 1.54) is 0 Å². The van der Waals surface area contributed by atoms with E-state index in [0.29, 0.717) is 0 Å². The van der Waals surface area contributed by atoms with Crippen molar-refractivity contribution < 1.29 is 14.4 Å². The van der Waals surface area contributed by atoms with Crippen LogP contribution in [0.5, 0.6) is 0 Å². The molecule has 0 aromatic rings. The van der Waals surface area contributed by atoms with Crippen LogP contribution >= 0.6 is 0 Å². The Kier molecular flexibility index (Phi) is 5.73. The van der Waals surface area contributed by atoms with Crippen molar-refractivity contribution in [2.45, 2.75) is 26.1 Å². The molecular weight excluding hydrogens is 190 g/mol. The summed E-state index contributed by atoms with van der Waals surface area (Å²) >= 11 is 0. The largest absolute Gasteiger partial charge is 0.476 e. The number of ether oxygens (including phenoxy) is 2. The fourth-order valence-electron chi connectivity index (χ4n) is 0.889. The van der Waals surface area contributed by atoms with Crippen molar-refractivity contribution >= 4 is 5.90 Å². The van der Waals surface area contributed by atoms with Crippen molar-refractivity contribution in [2.75, 3.05) is 13.2 Å². The summed E-state index contributed by atoms with van der Waals surface area (Å²) in [5.41, 5.74) is 5.38. The van der Waals surface area contributed by atoms with E-state index in [1.807, 2.05) is 0 Å². The second-order valence-corrected chi connectivity index (χ2v) is 2.45. The third kappa shape index (κ3) is 3.67. The molecule has 0 radical (unpaired) electrons. The zero-order valence-electron chi connectivity index (χ0n) is 8.23. The van der Waals surface area contributed by atoms with Crippen LogP contribution in [0.3, 0.4) is 0 Å². The Morgan fingerprint density at radius 3 is 2.50 bits per heavy atom. The summed E-state index contributed by atoms with van der Waals surface area (Å²) in [5, 5.41) is 17.8. The molecule has 0 aliphatic heterocycles. The van der Waals surface area contributed by atoms with Gasteiger partial charge in [0.2, 0.25) is 0 Å². The number of nitro groups is 1. The molecule has 7 heteroatoms. The van der Waals surface area contributed by atoms with E-state index in [4.69, 9.17) is 20.6 Å². The Labute approximate surface area is 81.8 Å². The van der Waals surface area contributed by atoms with E-state index in [9.17, 15) is 10.1 Å². The third-order valence-electron chi connectivity index (χ3n) is 1.47. The lowest BCUT2D eigenvalue weighted by molar-refractivity contribution is -0.517. The standard InChI is InChI=1S/C7H15N3O4/c1-3-13-6(8)5(10(11)12)7(9)14-4-2/h5-6,9H,3-4,8H2,1-2H3. The highest BCUT2D eigenvalue weighted by molar-refractivity contribution is 5.77. The Hall–Kier alpha value is -1.21. The van der Waals surface area contributed by atoms with Crippen molar-refractivity contribution in [3.63, 3.8) is 0 Å². The van der Waals surface area contributed by atoms with Gasteiger partial charge in [0, 0.05) is 11.5 Å². The maximum Gasteiger partial charge on any atom is 0.324 e. The molecule has 0 saturated heterocycles. The maximum absolute atomic E-state index is 10.6. The molecule has 82 valence electrons. The topological polar surface area (TPSA) is 111 Å². The molecule has 0 rings (SSSR count). The van der Waals surface area contributed by atoms with Crippen molar-refractivity contribution in [2.24, 2.45) is 5.73 Å². The van der Waals surface area contributed by atoms with Gasteiger partial charge in [-0.1, -0.05) is 0 Å². The maximum atomic E-state index is 10.6. The molecule has 7 nitrogen and oxygen atoms in total. The van der Waals surface area contributed by atoms with Crippen LogP contribution in [0.1, 0.15) is 13.8 Å². The summed E-state index contributed by atoms with van der Waals surface area (Å²) in [7, 11) is 0. The lowest BCUT2D eigenvalue weighted by atomic mass is 10.3. The van der Waals surface area contributed by atoms with Gasteiger partial charge in [0.1, 0.15) is 0 Å². The highest BCUT2D eigenvalue weighted by atomic mass is 16.6. The van der Waals surface area contributed by atoms with E-state index < -0.39 is 23.1 Å². The van der Waals surface area contributed by atoms with Gasteiger partial charge in [-0.25, -0.2) is 0 Å². The van der Waals surface area contributed by atoms with Gasteiger partial charge in [0.05, 0.1) is 6.61 Å². The minimum Gasteiger partial charge on any atom is -0.476 e. The van der Waals surface area contributed by atoms with Gasteiger partial charge < -0.3 is 9.47 Å². The van der Waals surface area contributed by atoms with Gasteiger partial charge in [0.25, 0.3) is 5.90 Å². The van der Waals surface area contributed by atoms with Gasteiger partial charge in [0.15, 0.2) is 6.23 Å². The first kappa shape index (κ1) is 12.8. The van der Waals surface area contributed by atoms with Gasteiger partial charge in [-0.3, -0.25) is 21.3 Å². The molecule has 0 aliphatic carbocycles. The van der Waals surface area contributed by atoms with Gasteiger partial charge in [-0.15, -0.1) is 0 Å². The van der Waals surface area contributed by atoms with Crippen LogP contribution in [0.15, 0.2) is 0 Å². The number of nitrogens with one attached hydrogen (secondary N) is 1. The smallest absolute Gasteiger partial charge is 0.324 e. The monoisotopic (exact) mass is 205 g/mol.